The highest BCUT2D eigenvalue weighted by Crippen LogP contribution is 1.99. The zero-order valence-corrected chi connectivity index (χ0v) is 12.9. The summed E-state index contributed by atoms with van der Waals surface area (Å²) in [7, 11) is 0. The van der Waals surface area contributed by atoms with E-state index in [1.807, 2.05) is 31.4 Å². The molecule has 4 nitrogen and oxygen atoms in total. The Morgan fingerprint density at radius 3 is 2.59 bits per heavy atom. The lowest BCUT2D eigenvalue weighted by atomic mass is 10.3. The number of hydrogen-bond acceptors (Lipinski definition) is 3. The maximum absolute atomic E-state index is 11.4. The smallest absolute Gasteiger partial charge is 0.318 e. The molecule has 0 N–H and O–H groups in total. The van der Waals surface area contributed by atoms with Gasteiger partial charge in [0.2, 0.25) is 0 Å². The molecule has 0 aromatic carbocycles. The molecular weight excluding hydrogens is 331 g/mol. The van der Waals surface area contributed by atoms with Gasteiger partial charge in [-0.3, -0.25) is 4.79 Å². The molecule has 5 heteroatoms. The van der Waals surface area contributed by atoms with Gasteiger partial charge in [-0.25, -0.2) is 4.57 Å². The number of aryl methyl sites for hydroxylation is 2. The van der Waals surface area contributed by atoms with E-state index in [-0.39, 0.29) is 36.4 Å². The molecule has 0 bridgehead atoms. The van der Waals surface area contributed by atoms with Crippen LogP contribution in [0.25, 0.3) is 0 Å². The van der Waals surface area contributed by atoms with Gasteiger partial charge in [-0.05, 0) is 20.8 Å². The molecule has 1 aromatic rings. The van der Waals surface area contributed by atoms with Crippen LogP contribution in [0.1, 0.15) is 31.1 Å². The molecule has 17 heavy (non-hydrogen) atoms. The van der Waals surface area contributed by atoms with Crippen LogP contribution in [0.5, 0.6) is 0 Å². The Morgan fingerprint density at radius 2 is 2.06 bits per heavy atom. The van der Waals surface area contributed by atoms with Crippen LogP contribution in [0.4, 0.5) is 0 Å². The lowest BCUT2D eigenvalue weighted by Gasteiger charge is -2.05. The van der Waals surface area contributed by atoms with Crippen molar-refractivity contribution in [2.75, 3.05) is 6.61 Å². The number of carbonyl (C=O) groups is 1. The molecule has 0 amide bonds. The van der Waals surface area contributed by atoms with E-state index in [1.165, 1.54) is 0 Å². The summed E-state index contributed by atoms with van der Waals surface area (Å²) in [4.78, 5) is 15.8. The Hall–Kier alpha value is -0.720. The number of ether oxygens (including phenoxy) is 1. The van der Waals surface area contributed by atoms with Crippen LogP contribution < -0.4 is 28.5 Å². The van der Waals surface area contributed by atoms with Crippen molar-refractivity contribution in [2.24, 2.45) is 0 Å². The van der Waals surface area contributed by atoms with Gasteiger partial charge >= 0.3 is 11.8 Å². The van der Waals surface area contributed by atoms with Crippen molar-refractivity contribution in [1.29, 1.82) is 0 Å². The molecule has 0 saturated carbocycles. The number of nitrogens with zero attached hydrogens (tertiary/aromatic N) is 2. The van der Waals surface area contributed by atoms with E-state index in [4.69, 9.17) is 4.74 Å². The number of rotatable bonds is 4. The molecule has 0 saturated heterocycles. The van der Waals surface area contributed by atoms with Crippen LogP contribution in [0, 0.1) is 13.8 Å². The van der Waals surface area contributed by atoms with Gasteiger partial charge in [0.05, 0.1) is 13.2 Å². The van der Waals surface area contributed by atoms with E-state index in [0.717, 1.165) is 23.8 Å². The van der Waals surface area contributed by atoms with Gasteiger partial charge in [0, 0.05) is 13.0 Å². The van der Waals surface area contributed by atoms with Crippen LogP contribution >= 0.6 is 0 Å². The second kappa shape index (κ2) is 7.58. The third-order valence-electron chi connectivity index (χ3n) is 2.38. The van der Waals surface area contributed by atoms with E-state index in [0.29, 0.717) is 6.61 Å². The van der Waals surface area contributed by atoms with E-state index < -0.39 is 0 Å². The van der Waals surface area contributed by atoms with Crippen molar-refractivity contribution >= 4 is 5.97 Å². The van der Waals surface area contributed by atoms with Gasteiger partial charge in [-0.15, -0.1) is 0 Å². The largest absolute Gasteiger partial charge is 1.00 e. The summed E-state index contributed by atoms with van der Waals surface area (Å²) in [5.74, 6) is 0.556. The molecule has 0 atom stereocenters. The SMILES string of the molecule is CCOC(=O)Cc1nc(C)cc(C)[n+]1CC.[I-]. The van der Waals surface area contributed by atoms with Gasteiger partial charge in [-0.1, -0.05) is 4.98 Å². The number of aromatic nitrogens is 2. The molecule has 0 aliphatic rings. The highest BCUT2D eigenvalue weighted by molar-refractivity contribution is 5.71. The molecule has 0 radical (unpaired) electrons. The van der Waals surface area contributed by atoms with Gasteiger partial charge in [-0.2, -0.15) is 0 Å². The van der Waals surface area contributed by atoms with Gasteiger partial charge in [0.15, 0.2) is 12.1 Å². The first-order chi connectivity index (χ1) is 7.58. The first kappa shape index (κ1) is 16.3. The second-order valence-corrected chi connectivity index (χ2v) is 3.68. The molecule has 0 fully saturated rings. The number of carbonyl (C=O) groups excluding carboxylic acids is 1. The van der Waals surface area contributed by atoms with Crippen LogP contribution in [0.15, 0.2) is 6.07 Å². The summed E-state index contributed by atoms with van der Waals surface area (Å²) >= 11 is 0. The molecule has 0 unspecified atom stereocenters. The number of halogens is 1. The standard InChI is InChI=1S/C12H19N2O2.HI/c1-5-14-10(4)7-9(3)13-11(14)8-12(15)16-6-2;/h7H,5-6,8H2,1-4H3;1H/q+1;/p-1. The highest BCUT2D eigenvalue weighted by Gasteiger charge is 2.19. The normalized spacial score (nSPS) is 9.65. The van der Waals surface area contributed by atoms with Gasteiger partial charge in [0.1, 0.15) is 5.69 Å². The average Bonchev–Trinajstić information content (AvgIpc) is 2.17. The van der Waals surface area contributed by atoms with Crippen LogP contribution in [0.2, 0.25) is 0 Å². The average molecular weight is 350 g/mol. The Labute approximate surface area is 119 Å². The number of esters is 1. The van der Waals surface area contributed by atoms with E-state index in [1.54, 1.807) is 6.92 Å². The van der Waals surface area contributed by atoms with Crippen molar-refractivity contribution in [3.05, 3.63) is 23.3 Å². The van der Waals surface area contributed by atoms with Gasteiger partial charge < -0.3 is 28.7 Å². The third kappa shape index (κ3) is 4.57. The molecule has 0 aliphatic carbocycles. The second-order valence-electron chi connectivity index (χ2n) is 3.68. The molecule has 96 valence electrons. The molecule has 0 spiro atoms. The summed E-state index contributed by atoms with van der Waals surface area (Å²) in [5, 5.41) is 0. The summed E-state index contributed by atoms with van der Waals surface area (Å²) in [6.07, 6.45) is 0.240. The van der Waals surface area contributed by atoms with E-state index >= 15 is 0 Å². The molecule has 1 heterocycles. The van der Waals surface area contributed by atoms with E-state index in [9.17, 15) is 4.79 Å². The van der Waals surface area contributed by atoms with Crippen molar-refractivity contribution in [2.45, 2.75) is 40.7 Å². The monoisotopic (exact) mass is 350 g/mol. The molecule has 1 aromatic heterocycles. The molecular formula is C12H19IN2O2. The predicted octanol–water partition coefficient (Wildman–Crippen LogP) is -1.88. The molecule has 0 aliphatic heterocycles. The zero-order valence-electron chi connectivity index (χ0n) is 10.8. The third-order valence-corrected chi connectivity index (χ3v) is 2.38. The van der Waals surface area contributed by atoms with Crippen LogP contribution in [0.3, 0.4) is 0 Å². The first-order valence-electron chi connectivity index (χ1n) is 5.61. The van der Waals surface area contributed by atoms with Crippen molar-refractivity contribution < 1.29 is 38.1 Å². The van der Waals surface area contributed by atoms with Gasteiger partial charge in [0.25, 0.3) is 0 Å². The lowest BCUT2D eigenvalue weighted by molar-refractivity contribution is -0.709. The van der Waals surface area contributed by atoms with Crippen molar-refractivity contribution in [3.63, 3.8) is 0 Å². The minimum absolute atomic E-state index is 0. The highest BCUT2D eigenvalue weighted by atomic mass is 127. The Morgan fingerprint density at radius 1 is 1.41 bits per heavy atom. The maximum atomic E-state index is 11.4. The Balaban J connectivity index is 0.00000256. The summed E-state index contributed by atoms with van der Waals surface area (Å²) < 4.78 is 6.96. The Bertz CT molecular complexity index is 394. The van der Waals surface area contributed by atoms with Crippen LogP contribution in [-0.4, -0.2) is 17.6 Å². The topological polar surface area (TPSA) is 43.1 Å². The summed E-state index contributed by atoms with van der Waals surface area (Å²) in [6, 6.07) is 2.01. The first-order valence-corrected chi connectivity index (χ1v) is 5.61. The minimum atomic E-state index is -0.220. The zero-order chi connectivity index (χ0) is 12.1. The fourth-order valence-electron chi connectivity index (χ4n) is 1.79. The van der Waals surface area contributed by atoms with E-state index in [2.05, 4.69) is 4.98 Å². The lowest BCUT2D eigenvalue weighted by Crippen LogP contribution is -3.00. The van der Waals surface area contributed by atoms with Crippen LogP contribution in [-0.2, 0) is 22.5 Å². The predicted molar refractivity (Wildman–Crippen MR) is 59.9 cm³/mol. The fraction of sp³-hybridized carbons (Fsp3) is 0.583. The summed E-state index contributed by atoms with van der Waals surface area (Å²) in [5.41, 5.74) is 2.05. The minimum Gasteiger partial charge on any atom is -1.00 e. The molecule has 1 rings (SSSR count). The number of hydrogen-bond donors (Lipinski definition) is 0. The maximum Gasteiger partial charge on any atom is 0.318 e. The Kier molecular flexibility index (Phi) is 7.26. The van der Waals surface area contributed by atoms with Crippen molar-refractivity contribution in [1.82, 2.24) is 4.98 Å². The quantitative estimate of drug-likeness (QED) is 0.363. The van der Waals surface area contributed by atoms with Crippen molar-refractivity contribution in [3.8, 4) is 0 Å². The summed E-state index contributed by atoms with van der Waals surface area (Å²) in [6.45, 7) is 9.03. The fourth-order valence-corrected chi connectivity index (χ4v) is 1.79.